The Morgan fingerprint density at radius 1 is 1.28 bits per heavy atom. The van der Waals surface area contributed by atoms with E-state index in [0.717, 1.165) is 0 Å². The quantitative estimate of drug-likeness (QED) is 0.825. The number of alkyl halides is 3. The van der Waals surface area contributed by atoms with Crippen molar-refractivity contribution in [3.8, 4) is 5.75 Å². The molecular weight excluding hydrogens is 250 g/mol. The van der Waals surface area contributed by atoms with Gasteiger partial charge in [-0.3, -0.25) is 0 Å². The lowest BCUT2D eigenvalue weighted by atomic mass is 10.2. The molecule has 1 rings (SSSR count). The van der Waals surface area contributed by atoms with Crippen molar-refractivity contribution in [3.63, 3.8) is 0 Å². The predicted molar refractivity (Wildman–Crippen MR) is 59.9 cm³/mol. The van der Waals surface area contributed by atoms with Crippen LogP contribution in [0.15, 0.2) is 18.2 Å². The Morgan fingerprint density at radius 2 is 1.94 bits per heavy atom. The number of hydrogen-bond acceptors (Lipinski definition) is 2. The lowest BCUT2D eigenvalue weighted by molar-refractivity contribution is -0.153. The third kappa shape index (κ3) is 5.35. The summed E-state index contributed by atoms with van der Waals surface area (Å²) >= 11 is 0. The summed E-state index contributed by atoms with van der Waals surface area (Å²) in [6, 6.07) is 4.15. The van der Waals surface area contributed by atoms with Gasteiger partial charge in [0, 0.05) is 12.6 Å². The molecule has 0 saturated carbocycles. The van der Waals surface area contributed by atoms with Gasteiger partial charge in [0.05, 0.1) is 0 Å². The molecule has 0 aliphatic carbocycles. The molecule has 0 spiro atoms. The topological polar surface area (TPSA) is 21.3 Å². The average molecular weight is 265 g/mol. The molecule has 0 atom stereocenters. The van der Waals surface area contributed by atoms with Crippen molar-refractivity contribution in [3.05, 3.63) is 29.6 Å². The third-order valence-electron chi connectivity index (χ3n) is 2.10. The summed E-state index contributed by atoms with van der Waals surface area (Å²) in [5.74, 6) is -1.18. The standard InChI is InChI=1S/C12H15F4NO/c1-8(2)17-6-9-3-4-11(10(13)5-9)18-7-12(14,15)16/h3-5,8,17H,6-7H2,1-2H3. The molecule has 1 aromatic rings. The van der Waals surface area contributed by atoms with Crippen molar-refractivity contribution in [2.75, 3.05) is 6.61 Å². The van der Waals surface area contributed by atoms with Crippen LogP contribution in [0.4, 0.5) is 17.6 Å². The number of hydrogen-bond donors (Lipinski definition) is 1. The summed E-state index contributed by atoms with van der Waals surface area (Å²) in [5.41, 5.74) is 0.653. The van der Waals surface area contributed by atoms with E-state index in [0.29, 0.717) is 12.1 Å². The minimum Gasteiger partial charge on any atom is -0.481 e. The van der Waals surface area contributed by atoms with Gasteiger partial charge in [0.25, 0.3) is 0 Å². The molecule has 18 heavy (non-hydrogen) atoms. The average Bonchev–Trinajstić information content (AvgIpc) is 2.23. The van der Waals surface area contributed by atoms with Crippen molar-refractivity contribution >= 4 is 0 Å². The second-order valence-corrected chi connectivity index (χ2v) is 4.20. The molecule has 0 aliphatic rings. The van der Waals surface area contributed by atoms with Crippen molar-refractivity contribution in [2.45, 2.75) is 32.6 Å². The second-order valence-electron chi connectivity index (χ2n) is 4.20. The van der Waals surface area contributed by atoms with Gasteiger partial charge in [-0.2, -0.15) is 13.2 Å². The zero-order valence-corrected chi connectivity index (χ0v) is 10.1. The zero-order valence-electron chi connectivity index (χ0n) is 10.1. The summed E-state index contributed by atoms with van der Waals surface area (Å²) in [7, 11) is 0. The molecule has 0 unspecified atom stereocenters. The lowest BCUT2D eigenvalue weighted by Crippen LogP contribution is -2.22. The van der Waals surface area contributed by atoms with Gasteiger partial charge in [0.2, 0.25) is 0 Å². The molecule has 6 heteroatoms. The fourth-order valence-electron chi connectivity index (χ4n) is 1.25. The molecule has 1 N–H and O–H groups in total. The van der Waals surface area contributed by atoms with Gasteiger partial charge in [-0.05, 0) is 17.7 Å². The summed E-state index contributed by atoms with van der Waals surface area (Å²) in [6.07, 6.45) is -4.47. The molecule has 0 aromatic heterocycles. The van der Waals surface area contributed by atoms with Gasteiger partial charge in [0.15, 0.2) is 18.2 Å². The fourth-order valence-corrected chi connectivity index (χ4v) is 1.25. The Labute approximate surface area is 103 Å². The number of benzene rings is 1. The highest BCUT2D eigenvalue weighted by molar-refractivity contribution is 5.29. The number of ether oxygens (including phenoxy) is 1. The summed E-state index contributed by atoms with van der Waals surface area (Å²) in [6.45, 7) is 2.84. The van der Waals surface area contributed by atoms with E-state index in [2.05, 4.69) is 10.1 Å². The van der Waals surface area contributed by atoms with E-state index in [9.17, 15) is 17.6 Å². The van der Waals surface area contributed by atoms with E-state index in [1.807, 2.05) is 13.8 Å². The van der Waals surface area contributed by atoms with Crippen LogP contribution >= 0.6 is 0 Å². The molecule has 0 saturated heterocycles. The van der Waals surface area contributed by atoms with Crippen LogP contribution in [-0.2, 0) is 6.54 Å². The summed E-state index contributed by atoms with van der Waals surface area (Å²) < 4.78 is 53.5. The molecule has 102 valence electrons. The van der Waals surface area contributed by atoms with E-state index in [4.69, 9.17) is 0 Å². The normalized spacial score (nSPS) is 11.9. The molecule has 0 amide bonds. The molecular formula is C12H15F4NO. The van der Waals surface area contributed by atoms with Crippen molar-refractivity contribution < 1.29 is 22.3 Å². The van der Waals surface area contributed by atoms with Crippen molar-refractivity contribution in [1.82, 2.24) is 5.32 Å². The van der Waals surface area contributed by atoms with Crippen LogP contribution in [0.2, 0.25) is 0 Å². The molecule has 0 bridgehead atoms. The molecule has 2 nitrogen and oxygen atoms in total. The maximum atomic E-state index is 13.4. The first-order valence-electron chi connectivity index (χ1n) is 5.49. The first-order chi connectivity index (χ1) is 8.28. The van der Waals surface area contributed by atoms with Gasteiger partial charge < -0.3 is 10.1 Å². The first kappa shape index (κ1) is 14.8. The monoisotopic (exact) mass is 265 g/mol. The summed E-state index contributed by atoms with van der Waals surface area (Å²) in [4.78, 5) is 0. The maximum Gasteiger partial charge on any atom is 0.422 e. The smallest absolute Gasteiger partial charge is 0.422 e. The predicted octanol–water partition coefficient (Wildman–Crippen LogP) is 3.26. The van der Waals surface area contributed by atoms with E-state index < -0.39 is 18.6 Å². The van der Waals surface area contributed by atoms with E-state index in [1.54, 1.807) is 0 Å². The number of halogens is 4. The Kier molecular flexibility index (Phi) is 4.95. The molecule has 1 aromatic carbocycles. The van der Waals surface area contributed by atoms with Crippen LogP contribution in [0.3, 0.4) is 0 Å². The van der Waals surface area contributed by atoms with Crippen LogP contribution in [0.25, 0.3) is 0 Å². The molecule has 0 fully saturated rings. The lowest BCUT2D eigenvalue weighted by Gasteiger charge is -2.12. The number of rotatable bonds is 5. The van der Waals surface area contributed by atoms with Gasteiger partial charge >= 0.3 is 6.18 Å². The minimum atomic E-state index is -4.47. The largest absolute Gasteiger partial charge is 0.481 e. The maximum absolute atomic E-state index is 13.4. The van der Waals surface area contributed by atoms with Gasteiger partial charge in [-0.25, -0.2) is 4.39 Å². The van der Waals surface area contributed by atoms with Crippen LogP contribution in [0, 0.1) is 5.82 Å². The second kappa shape index (κ2) is 6.04. The van der Waals surface area contributed by atoms with Gasteiger partial charge in [-0.1, -0.05) is 19.9 Å². The highest BCUT2D eigenvalue weighted by Gasteiger charge is 2.28. The van der Waals surface area contributed by atoms with E-state index in [-0.39, 0.29) is 11.8 Å². The minimum absolute atomic E-state index is 0.245. The SMILES string of the molecule is CC(C)NCc1ccc(OCC(F)(F)F)c(F)c1. The highest BCUT2D eigenvalue weighted by atomic mass is 19.4. The van der Waals surface area contributed by atoms with Gasteiger partial charge in [-0.15, -0.1) is 0 Å². The Hall–Kier alpha value is -1.30. The highest BCUT2D eigenvalue weighted by Crippen LogP contribution is 2.22. The fraction of sp³-hybridized carbons (Fsp3) is 0.500. The van der Waals surface area contributed by atoms with Crippen LogP contribution < -0.4 is 10.1 Å². The molecule has 0 radical (unpaired) electrons. The third-order valence-corrected chi connectivity index (χ3v) is 2.10. The first-order valence-corrected chi connectivity index (χ1v) is 5.49. The Balaban J connectivity index is 2.62. The van der Waals surface area contributed by atoms with Crippen LogP contribution in [0.1, 0.15) is 19.4 Å². The van der Waals surface area contributed by atoms with E-state index in [1.165, 1.54) is 18.2 Å². The molecule has 0 aliphatic heterocycles. The Bertz CT molecular complexity index is 390. The van der Waals surface area contributed by atoms with E-state index >= 15 is 0 Å². The number of nitrogens with one attached hydrogen (secondary N) is 1. The van der Waals surface area contributed by atoms with Crippen LogP contribution in [0.5, 0.6) is 5.75 Å². The van der Waals surface area contributed by atoms with Crippen LogP contribution in [-0.4, -0.2) is 18.8 Å². The summed E-state index contributed by atoms with van der Waals surface area (Å²) in [5, 5.41) is 3.08. The van der Waals surface area contributed by atoms with Crippen molar-refractivity contribution in [1.29, 1.82) is 0 Å². The zero-order chi connectivity index (χ0) is 13.8. The van der Waals surface area contributed by atoms with Gasteiger partial charge in [0.1, 0.15) is 0 Å². The molecule has 0 heterocycles. The Morgan fingerprint density at radius 3 is 2.44 bits per heavy atom. The van der Waals surface area contributed by atoms with Crippen molar-refractivity contribution in [2.24, 2.45) is 0 Å².